The van der Waals surface area contributed by atoms with Crippen molar-refractivity contribution in [2.24, 2.45) is 5.92 Å². The molecule has 1 aromatic heterocycles. The Labute approximate surface area is 135 Å². The van der Waals surface area contributed by atoms with E-state index >= 15 is 0 Å². The number of rotatable bonds is 2. The summed E-state index contributed by atoms with van der Waals surface area (Å²) in [6.45, 7) is 4.47. The molecule has 1 saturated heterocycles. The zero-order valence-electron chi connectivity index (χ0n) is 13.1. The van der Waals surface area contributed by atoms with Crippen LogP contribution in [-0.4, -0.2) is 52.8 Å². The summed E-state index contributed by atoms with van der Waals surface area (Å²) >= 11 is 1.40. The van der Waals surface area contributed by atoms with E-state index in [1.807, 2.05) is 16.7 Å². The Morgan fingerprint density at radius 2 is 1.73 bits per heavy atom. The third kappa shape index (κ3) is 3.16. The zero-order valence-corrected chi connectivity index (χ0v) is 13.9. The summed E-state index contributed by atoms with van der Waals surface area (Å²) in [6.07, 6.45) is 5.70. The van der Waals surface area contributed by atoms with Crippen LogP contribution in [0.15, 0.2) is 5.51 Å². The molecule has 22 heavy (non-hydrogen) atoms. The summed E-state index contributed by atoms with van der Waals surface area (Å²) < 4.78 is 0. The average molecular weight is 321 g/mol. The van der Waals surface area contributed by atoms with Crippen molar-refractivity contribution in [3.8, 4) is 0 Å². The Morgan fingerprint density at radius 3 is 2.32 bits per heavy atom. The molecule has 1 aliphatic carbocycles. The van der Waals surface area contributed by atoms with Crippen molar-refractivity contribution in [2.75, 3.05) is 26.2 Å². The Balaban J connectivity index is 1.55. The molecule has 3 rings (SSSR count). The largest absolute Gasteiger partial charge is 0.339 e. The van der Waals surface area contributed by atoms with E-state index in [-0.39, 0.29) is 11.8 Å². The van der Waals surface area contributed by atoms with Crippen molar-refractivity contribution in [3.05, 3.63) is 16.1 Å². The van der Waals surface area contributed by atoms with Gasteiger partial charge < -0.3 is 9.80 Å². The normalized spacial score (nSPS) is 20.2. The van der Waals surface area contributed by atoms with Crippen LogP contribution in [0.2, 0.25) is 0 Å². The van der Waals surface area contributed by atoms with Crippen molar-refractivity contribution in [1.29, 1.82) is 0 Å². The molecule has 5 nitrogen and oxygen atoms in total. The summed E-state index contributed by atoms with van der Waals surface area (Å²) in [4.78, 5) is 33.7. The van der Waals surface area contributed by atoms with Gasteiger partial charge in [0.25, 0.3) is 5.91 Å². The van der Waals surface area contributed by atoms with Gasteiger partial charge in [-0.2, -0.15) is 0 Å². The number of carbonyl (C=O) groups excluding carboxylic acids is 2. The molecule has 120 valence electrons. The van der Waals surface area contributed by atoms with Crippen molar-refractivity contribution in [3.63, 3.8) is 0 Å². The van der Waals surface area contributed by atoms with Gasteiger partial charge in [0.2, 0.25) is 5.91 Å². The molecule has 0 unspecified atom stereocenters. The second-order valence-electron chi connectivity index (χ2n) is 6.22. The lowest BCUT2D eigenvalue weighted by Gasteiger charge is -2.37. The molecule has 1 aliphatic heterocycles. The highest BCUT2D eigenvalue weighted by Gasteiger charge is 2.30. The van der Waals surface area contributed by atoms with Crippen LogP contribution in [0, 0.1) is 12.8 Å². The van der Waals surface area contributed by atoms with Crippen LogP contribution >= 0.6 is 11.3 Å². The van der Waals surface area contributed by atoms with E-state index in [9.17, 15) is 9.59 Å². The zero-order chi connectivity index (χ0) is 15.5. The van der Waals surface area contributed by atoms with Crippen molar-refractivity contribution >= 4 is 23.2 Å². The lowest BCUT2D eigenvalue weighted by Crippen LogP contribution is -2.52. The Morgan fingerprint density at radius 1 is 1.09 bits per heavy atom. The highest BCUT2D eigenvalue weighted by Crippen LogP contribution is 2.26. The number of amides is 2. The van der Waals surface area contributed by atoms with Crippen LogP contribution in [0.3, 0.4) is 0 Å². The average Bonchev–Trinajstić information content (AvgIpc) is 3.00. The van der Waals surface area contributed by atoms with Gasteiger partial charge in [-0.25, -0.2) is 4.98 Å². The van der Waals surface area contributed by atoms with Crippen LogP contribution in [0.25, 0.3) is 0 Å². The second kappa shape index (κ2) is 6.77. The van der Waals surface area contributed by atoms with E-state index in [0.29, 0.717) is 32.1 Å². The molecule has 2 heterocycles. The first kappa shape index (κ1) is 15.5. The molecule has 2 amide bonds. The molecule has 0 radical (unpaired) electrons. The molecule has 0 aromatic carbocycles. The molecule has 6 heteroatoms. The first-order valence-corrected chi connectivity index (χ1v) is 9.03. The van der Waals surface area contributed by atoms with E-state index in [0.717, 1.165) is 23.4 Å². The third-order valence-electron chi connectivity index (χ3n) is 4.77. The highest BCUT2D eigenvalue weighted by molar-refractivity contribution is 7.11. The van der Waals surface area contributed by atoms with Crippen molar-refractivity contribution < 1.29 is 9.59 Å². The van der Waals surface area contributed by atoms with E-state index in [2.05, 4.69) is 4.98 Å². The maximum Gasteiger partial charge on any atom is 0.265 e. The highest BCUT2D eigenvalue weighted by atomic mass is 32.1. The molecule has 2 aliphatic rings. The molecule has 1 aromatic rings. The Kier molecular flexibility index (Phi) is 4.76. The predicted molar refractivity (Wildman–Crippen MR) is 85.9 cm³/mol. The van der Waals surface area contributed by atoms with Gasteiger partial charge in [-0.05, 0) is 19.8 Å². The number of hydrogen-bond acceptors (Lipinski definition) is 4. The minimum atomic E-state index is 0.0600. The Hall–Kier alpha value is -1.43. The third-order valence-corrected chi connectivity index (χ3v) is 5.69. The van der Waals surface area contributed by atoms with Gasteiger partial charge >= 0.3 is 0 Å². The molecule has 0 spiro atoms. The summed E-state index contributed by atoms with van der Waals surface area (Å²) in [5.41, 5.74) is 2.52. The lowest BCUT2D eigenvalue weighted by atomic mass is 9.88. The minimum absolute atomic E-state index is 0.0600. The van der Waals surface area contributed by atoms with Gasteiger partial charge in [0, 0.05) is 32.1 Å². The fraction of sp³-hybridized carbons (Fsp3) is 0.688. The van der Waals surface area contributed by atoms with Gasteiger partial charge in [0.05, 0.1) is 11.2 Å². The molecular weight excluding hydrogens is 298 g/mol. The fourth-order valence-electron chi connectivity index (χ4n) is 3.39. The van der Waals surface area contributed by atoms with Gasteiger partial charge in [0.1, 0.15) is 4.88 Å². The van der Waals surface area contributed by atoms with Crippen LogP contribution in [0.1, 0.15) is 47.5 Å². The second-order valence-corrected chi connectivity index (χ2v) is 7.07. The molecular formula is C16H23N3O2S. The number of thiazole rings is 1. The standard InChI is InChI=1S/C16H23N3O2S/c1-12-14(22-11-17-12)16(21)19-9-7-18(8-10-19)15(20)13-5-3-2-4-6-13/h11,13H,2-10H2,1H3. The van der Waals surface area contributed by atoms with Gasteiger partial charge in [-0.1, -0.05) is 19.3 Å². The number of aryl methyl sites for hydroxylation is 1. The van der Waals surface area contributed by atoms with Gasteiger partial charge in [-0.3, -0.25) is 9.59 Å². The molecule has 2 fully saturated rings. The predicted octanol–water partition coefficient (Wildman–Crippen LogP) is 2.32. The fourth-order valence-corrected chi connectivity index (χ4v) is 4.16. The number of nitrogens with zero attached hydrogens (tertiary/aromatic N) is 3. The summed E-state index contributed by atoms with van der Waals surface area (Å²) in [6, 6.07) is 0. The Bertz CT molecular complexity index is 543. The smallest absolute Gasteiger partial charge is 0.265 e. The summed E-state index contributed by atoms with van der Waals surface area (Å²) in [7, 11) is 0. The SMILES string of the molecule is Cc1ncsc1C(=O)N1CCN(C(=O)C2CCCCC2)CC1. The van der Waals surface area contributed by atoms with Gasteiger partial charge in [-0.15, -0.1) is 11.3 Å². The maximum atomic E-state index is 12.5. The van der Waals surface area contributed by atoms with Gasteiger partial charge in [0.15, 0.2) is 0 Å². The lowest BCUT2D eigenvalue weighted by molar-refractivity contribution is -0.138. The number of hydrogen-bond donors (Lipinski definition) is 0. The van der Waals surface area contributed by atoms with E-state index in [1.54, 1.807) is 5.51 Å². The molecule has 0 N–H and O–H groups in total. The van der Waals surface area contributed by atoms with Crippen LogP contribution in [-0.2, 0) is 4.79 Å². The van der Waals surface area contributed by atoms with Crippen LogP contribution in [0.5, 0.6) is 0 Å². The number of piperazine rings is 1. The summed E-state index contributed by atoms with van der Waals surface area (Å²) in [5, 5.41) is 0. The number of aromatic nitrogens is 1. The number of carbonyl (C=O) groups is 2. The van der Waals surface area contributed by atoms with E-state index in [4.69, 9.17) is 0 Å². The minimum Gasteiger partial charge on any atom is -0.339 e. The van der Waals surface area contributed by atoms with E-state index in [1.165, 1.54) is 30.6 Å². The molecule has 0 bridgehead atoms. The van der Waals surface area contributed by atoms with Crippen molar-refractivity contribution in [1.82, 2.24) is 14.8 Å². The molecule has 0 atom stereocenters. The first-order chi connectivity index (χ1) is 10.7. The van der Waals surface area contributed by atoms with Crippen LogP contribution < -0.4 is 0 Å². The van der Waals surface area contributed by atoms with Crippen molar-refractivity contribution in [2.45, 2.75) is 39.0 Å². The molecule has 1 saturated carbocycles. The first-order valence-electron chi connectivity index (χ1n) is 8.15. The monoisotopic (exact) mass is 321 g/mol. The topological polar surface area (TPSA) is 53.5 Å². The van der Waals surface area contributed by atoms with Crippen LogP contribution in [0.4, 0.5) is 0 Å². The quantitative estimate of drug-likeness (QED) is 0.840. The maximum absolute atomic E-state index is 12.5. The van der Waals surface area contributed by atoms with E-state index < -0.39 is 0 Å². The summed E-state index contributed by atoms with van der Waals surface area (Å²) in [5.74, 6) is 0.588.